The highest BCUT2D eigenvalue weighted by Gasteiger charge is 2.16. The van der Waals surface area contributed by atoms with Crippen molar-refractivity contribution in [1.82, 2.24) is 15.6 Å². The Morgan fingerprint density at radius 1 is 1.38 bits per heavy atom. The first-order valence-electron chi connectivity index (χ1n) is 8.81. The summed E-state index contributed by atoms with van der Waals surface area (Å²) in [5.41, 5.74) is 0.907. The third kappa shape index (κ3) is 5.94. The molecule has 7 heteroatoms. The predicted octanol–water partition coefficient (Wildman–Crippen LogP) is 2.27. The molecule has 0 bridgehead atoms. The average Bonchev–Trinajstić information content (AvgIpc) is 3.24. The third-order valence-corrected chi connectivity index (χ3v) is 5.05. The molecule has 0 saturated carbocycles. The Balaban J connectivity index is 1.80. The van der Waals surface area contributed by atoms with E-state index in [4.69, 9.17) is 9.72 Å². The van der Waals surface area contributed by atoms with Crippen LogP contribution in [-0.2, 0) is 11.2 Å². The maximum absolute atomic E-state index is 5.42. The van der Waals surface area contributed by atoms with Gasteiger partial charge >= 0.3 is 0 Å². The number of rotatable bonds is 8. The normalized spacial score (nSPS) is 15.8. The highest BCUT2D eigenvalue weighted by atomic mass is 32.1. The van der Waals surface area contributed by atoms with Crippen LogP contribution in [0.3, 0.4) is 0 Å². The Labute approximate surface area is 149 Å². The summed E-state index contributed by atoms with van der Waals surface area (Å²) in [6, 6.07) is 0. The molecule has 1 aromatic heterocycles. The summed E-state index contributed by atoms with van der Waals surface area (Å²) in [5.74, 6) is 0.831. The van der Waals surface area contributed by atoms with Gasteiger partial charge < -0.3 is 20.3 Å². The molecule has 0 unspecified atom stereocenters. The van der Waals surface area contributed by atoms with E-state index in [-0.39, 0.29) is 5.60 Å². The van der Waals surface area contributed by atoms with Gasteiger partial charge in [0.1, 0.15) is 0 Å². The molecule has 2 heterocycles. The summed E-state index contributed by atoms with van der Waals surface area (Å²) in [5, 5.41) is 10.00. The molecule has 0 amide bonds. The maximum Gasteiger partial charge on any atom is 0.191 e. The first kappa shape index (κ1) is 19.0. The van der Waals surface area contributed by atoms with Crippen LogP contribution in [0.25, 0.3) is 0 Å². The molecule has 0 aromatic carbocycles. The smallest absolute Gasteiger partial charge is 0.191 e. The van der Waals surface area contributed by atoms with Gasteiger partial charge in [0.15, 0.2) is 11.1 Å². The fourth-order valence-corrected chi connectivity index (χ4v) is 3.36. The van der Waals surface area contributed by atoms with Crippen LogP contribution in [0.4, 0.5) is 5.13 Å². The van der Waals surface area contributed by atoms with Crippen LogP contribution in [0.5, 0.6) is 0 Å². The lowest BCUT2D eigenvalue weighted by Crippen LogP contribution is -2.40. The highest BCUT2D eigenvalue weighted by Crippen LogP contribution is 2.24. The molecule has 1 aliphatic heterocycles. The van der Waals surface area contributed by atoms with Crippen LogP contribution in [0.1, 0.15) is 39.3 Å². The van der Waals surface area contributed by atoms with Gasteiger partial charge in [0.25, 0.3) is 0 Å². The molecule has 1 saturated heterocycles. The molecular formula is C17H31N5OS. The van der Waals surface area contributed by atoms with Crippen molar-refractivity contribution < 1.29 is 4.74 Å². The molecule has 0 aliphatic carbocycles. The maximum atomic E-state index is 5.42. The van der Waals surface area contributed by atoms with E-state index >= 15 is 0 Å². The lowest BCUT2D eigenvalue weighted by molar-refractivity contribution is 0.0310. The van der Waals surface area contributed by atoms with Gasteiger partial charge in [-0.05, 0) is 33.6 Å². The second-order valence-corrected chi connectivity index (χ2v) is 7.49. The summed E-state index contributed by atoms with van der Waals surface area (Å²) in [6.45, 7) is 10.7. The average molecular weight is 354 g/mol. The number of thiazole rings is 1. The fraction of sp³-hybridized carbons (Fsp3) is 0.765. The zero-order valence-electron chi connectivity index (χ0n) is 15.4. The molecular weight excluding hydrogens is 322 g/mol. The van der Waals surface area contributed by atoms with Gasteiger partial charge in [-0.15, -0.1) is 11.3 Å². The lowest BCUT2D eigenvalue weighted by Gasteiger charge is -2.21. The minimum atomic E-state index is -0.248. The Morgan fingerprint density at radius 3 is 2.79 bits per heavy atom. The van der Waals surface area contributed by atoms with Gasteiger partial charge in [0.05, 0.1) is 17.8 Å². The van der Waals surface area contributed by atoms with Crippen molar-refractivity contribution in [2.45, 2.75) is 45.6 Å². The van der Waals surface area contributed by atoms with E-state index in [2.05, 4.69) is 32.8 Å². The molecule has 0 radical (unpaired) electrons. The minimum absolute atomic E-state index is 0.248. The summed E-state index contributed by atoms with van der Waals surface area (Å²) in [7, 11) is 1.72. The fourth-order valence-electron chi connectivity index (χ4n) is 2.45. The Kier molecular flexibility index (Phi) is 7.30. The number of nitrogens with one attached hydrogen (secondary N) is 2. The van der Waals surface area contributed by atoms with E-state index in [0.717, 1.165) is 44.3 Å². The van der Waals surface area contributed by atoms with E-state index < -0.39 is 0 Å². The van der Waals surface area contributed by atoms with Crippen molar-refractivity contribution in [3.63, 3.8) is 0 Å². The SMILES string of the molecule is CCNC(=NCC(C)(C)OC)NCCc1csc(N2CCCC2)n1. The van der Waals surface area contributed by atoms with E-state index in [1.807, 2.05) is 13.8 Å². The summed E-state index contributed by atoms with van der Waals surface area (Å²) in [6.07, 6.45) is 3.48. The molecule has 136 valence electrons. The molecule has 24 heavy (non-hydrogen) atoms. The van der Waals surface area contributed by atoms with Gasteiger partial charge in [0.2, 0.25) is 0 Å². The van der Waals surface area contributed by atoms with Crippen molar-refractivity contribution in [2.75, 3.05) is 44.7 Å². The largest absolute Gasteiger partial charge is 0.377 e. The summed E-state index contributed by atoms with van der Waals surface area (Å²) in [4.78, 5) is 11.7. The van der Waals surface area contributed by atoms with E-state index in [1.54, 1.807) is 18.4 Å². The van der Waals surface area contributed by atoms with Crippen molar-refractivity contribution in [3.05, 3.63) is 11.1 Å². The second-order valence-electron chi connectivity index (χ2n) is 6.65. The zero-order chi connectivity index (χ0) is 17.4. The molecule has 2 rings (SSSR count). The van der Waals surface area contributed by atoms with Gasteiger partial charge in [-0.25, -0.2) is 4.98 Å². The lowest BCUT2D eigenvalue weighted by atomic mass is 10.1. The van der Waals surface area contributed by atoms with Gasteiger partial charge in [-0.3, -0.25) is 4.99 Å². The van der Waals surface area contributed by atoms with Crippen molar-refractivity contribution in [3.8, 4) is 0 Å². The number of hydrogen-bond acceptors (Lipinski definition) is 5. The van der Waals surface area contributed by atoms with Gasteiger partial charge in [-0.1, -0.05) is 0 Å². The van der Waals surface area contributed by atoms with Crippen molar-refractivity contribution in [1.29, 1.82) is 0 Å². The number of methoxy groups -OCH3 is 1. The first-order valence-corrected chi connectivity index (χ1v) is 9.68. The van der Waals surface area contributed by atoms with E-state index in [9.17, 15) is 0 Å². The zero-order valence-corrected chi connectivity index (χ0v) is 16.2. The Hall–Kier alpha value is -1.34. The molecule has 1 aliphatic rings. The minimum Gasteiger partial charge on any atom is -0.377 e. The number of anilines is 1. The molecule has 2 N–H and O–H groups in total. The van der Waals surface area contributed by atoms with Crippen LogP contribution in [-0.4, -0.2) is 56.4 Å². The standard InChI is InChI=1S/C17H31N5OS/c1-5-18-15(20-13-17(2,3)23-4)19-9-8-14-12-24-16(21-14)22-10-6-7-11-22/h12H,5-11,13H2,1-4H3,(H2,18,19,20). The van der Waals surface area contributed by atoms with Crippen LogP contribution in [0.15, 0.2) is 10.4 Å². The first-order chi connectivity index (χ1) is 11.5. The van der Waals surface area contributed by atoms with Crippen LogP contribution < -0.4 is 15.5 Å². The predicted molar refractivity (Wildman–Crippen MR) is 102 cm³/mol. The number of aromatic nitrogens is 1. The van der Waals surface area contributed by atoms with Crippen molar-refractivity contribution >= 4 is 22.4 Å². The van der Waals surface area contributed by atoms with Gasteiger partial charge in [-0.2, -0.15) is 0 Å². The Bertz CT molecular complexity index is 523. The highest BCUT2D eigenvalue weighted by molar-refractivity contribution is 7.13. The van der Waals surface area contributed by atoms with E-state index in [0.29, 0.717) is 6.54 Å². The monoisotopic (exact) mass is 353 g/mol. The second kappa shape index (κ2) is 9.22. The van der Waals surface area contributed by atoms with Crippen LogP contribution >= 0.6 is 11.3 Å². The molecule has 0 spiro atoms. The Morgan fingerprint density at radius 2 is 2.12 bits per heavy atom. The third-order valence-electron chi connectivity index (χ3n) is 4.10. The molecule has 6 nitrogen and oxygen atoms in total. The molecule has 1 aromatic rings. The number of aliphatic imine (C=N–C) groups is 1. The van der Waals surface area contributed by atoms with E-state index in [1.165, 1.54) is 18.0 Å². The molecule has 1 fully saturated rings. The molecule has 0 atom stereocenters. The number of hydrogen-bond donors (Lipinski definition) is 2. The van der Waals surface area contributed by atoms with Gasteiger partial charge in [0, 0.05) is 45.1 Å². The van der Waals surface area contributed by atoms with Crippen molar-refractivity contribution in [2.24, 2.45) is 4.99 Å². The summed E-state index contributed by atoms with van der Waals surface area (Å²) >= 11 is 1.76. The topological polar surface area (TPSA) is 61.8 Å². The number of ether oxygens (including phenoxy) is 1. The number of guanidine groups is 1. The van der Waals surface area contributed by atoms with Crippen LogP contribution in [0, 0.1) is 0 Å². The summed E-state index contributed by atoms with van der Waals surface area (Å²) < 4.78 is 5.42. The quantitative estimate of drug-likeness (QED) is 0.554. The number of nitrogens with zero attached hydrogens (tertiary/aromatic N) is 3. The van der Waals surface area contributed by atoms with Crippen LogP contribution in [0.2, 0.25) is 0 Å².